The topological polar surface area (TPSA) is 141 Å². The fourth-order valence-corrected chi connectivity index (χ4v) is 0.829. The second-order valence-electron chi connectivity index (χ2n) is 2.85. The van der Waals surface area contributed by atoms with Crippen LogP contribution in [0.2, 0.25) is 0 Å². The molecule has 0 rings (SSSR count). The first-order valence-corrected chi connectivity index (χ1v) is 5.26. The normalized spacial score (nSPS) is 13.4. The highest BCUT2D eigenvalue weighted by Gasteiger charge is 2.06. The van der Waals surface area contributed by atoms with Gasteiger partial charge in [-0.25, -0.2) is 0 Å². The highest BCUT2D eigenvalue weighted by Crippen LogP contribution is 1.92. The number of rotatable bonds is 6. The lowest BCUT2D eigenvalue weighted by atomic mass is 10.2. The van der Waals surface area contributed by atoms with E-state index in [1.54, 1.807) is 0 Å². The predicted molar refractivity (Wildman–Crippen MR) is 73.5 cm³/mol. The smallest absolute Gasteiger partial charge is 0.184 e. The van der Waals surface area contributed by atoms with Crippen molar-refractivity contribution < 1.29 is 10.2 Å². The molecule has 0 spiro atoms. The molecule has 17 heavy (non-hydrogen) atoms. The molecule has 0 saturated heterocycles. The maximum Gasteiger partial charge on any atom is 0.184 e. The van der Waals surface area contributed by atoms with Gasteiger partial charge in [-0.2, -0.15) is 10.2 Å². The summed E-state index contributed by atoms with van der Waals surface area (Å²) in [6.45, 7) is -0.400. The molecule has 0 aliphatic rings. The summed E-state index contributed by atoms with van der Waals surface area (Å²) in [5, 5.41) is 25.3. The second kappa shape index (κ2) is 8.75. The van der Waals surface area contributed by atoms with Gasteiger partial charge in [-0.1, -0.05) is 0 Å². The van der Waals surface area contributed by atoms with Crippen LogP contribution in [0.5, 0.6) is 0 Å². The number of nitrogens with two attached hydrogens (primary N) is 2. The lowest BCUT2D eigenvalue weighted by Gasteiger charge is -2.06. The Labute approximate surface area is 109 Å². The van der Waals surface area contributed by atoms with E-state index in [0.29, 0.717) is 5.71 Å². The first-order valence-electron chi connectivity index (χ1n) is 4.45. The highest BCUT2D eigenvalue weighted by atomic mass is 32.1. The Morgan fingerprint density at radius 1 is 1.29 bits per heavy atom. The molecular weight excluding hydrogens is 264 g/mol. The Balaban J connectivity index is 4.49. The molecule has 0 bridgehead atoms. The molecular formula is C7H14N6O2S2. The molecule has 0 aromatic rings. The summed E-state index contributed by atoms with van der Waals surface area (Å²) in [7, 11) is 0. The molecule has 1 atom stereocenters. The van der Waals surface area contributed by atoms with Gasteiger partial charge in [0.15, 0.2) is 10.2 Å². The van der Waals surface area contributed by atoms with E-state index >= 15 is 0 Å². The van der Waals surface area contributed by atoms with Crippen LogP contribution in [-0.4, -0.2) is 45.1 Å². The van der Waals surface area contributed by atoms with Gasteiger partial charge in [0.2, 0.25) is 0 Å². The van der Waals surface area contributed by atoms with E-state index in [4.69, 9.17) is 16.6 Å². The zero-order chi connectivity index (χ0) is 13.3. The zero-order valence-electron chi connectivity index (χ0n) is 8.83. The lowest BCUT2D eigenvalue weighted by molar-refractivity contribution is 0.101. The third-order valence-electron chi connectivity index (χ3n) is 1.35. The third kappa shape index (κ3) is 9.56. The van der Waals surface area contributed by atoms with Crippen LogP contribution < -0.4 is 22.3 Å². The molecule has 0 unspecified atom stereocenters. The Morgan fingerprint density at radius 3 is 2.35 bits per heavy atom. The summed E-state index contributed by atoms with van der Waals surface area (Å²) in [5.74, 6) is 0. The maximum absolute atomic E-state index is 9.25. The molecule has 8 N–H and O–H groups in total. The molecule has 0 aromatic carbocycles. The van der Waals surface area contributed by atoms with E-state index in [-0.39, 0.29) is 16.6 Å². The minimum atomic E-state index is -0.960. The quantitative estimate of drug-likeness (QED) is 0.182. The minimum Gasteiger partial charge on any atom is -0.394 e. The van der Waals surface area contributed by atoms with Gasteiger partial charge in [0.05, 0.1) is 24.6 Å². The Morgan fingerprint density at radius 2 is 1.88 bits per heavy atom. The number of hydrogen-bond acceptors (Lipinski definition) is 6. The molecule has 8 nitrogen and oxygen atoms in total. The SMILES string of the molecule is NC(=S)N/N=C\C(C[C@H](O)CO)=N/NC(N)=S. The Hall–Kier alpha value is -1.36. The molecule has 96 valence electrons. The molecule has 0 saturated carbocycles. The predicted octanol–water partition coefficient (Wildman–Crippen LogP) is -2.26. The van der Waals surface area contributed by atoms with E-state index in [9.17, 15) is 5.11 Å². The van der Waals surface area contributed by atoms with Gasteiger partial charge in [-0.15, -0.1) is 0 Å². The number of hydrazone groups is 2. The molecule has 0 aliphatic carbocycles. The molecule has 0 radical (unpaired) electrons. The Kier molecular flexibility index (Phi) is 8.05. The monoisotopic (exact) mass is 278 g/mol. The van der Waals surface area contributed by atoms with Crippen molar-refractivity contribution in [3.05, 3.63) is 0 Å². The van der Waals surface area contributed by atoms with Gasteiger partial charge in [-0.05, 0) is 24.4 Å². The summed E-state index contributed by atoms with van der Waals surface area (Å²) >= 11 is 9.09. The third-order valence-corrected chi connectivity index (χ3v) is 1.54. The van der Waals surface area contributed by atoms with Crippen molar-refractivity contribution in [2.24, 2.45) is 21.7 Å². The Bertz CT molecular complexity index is 332. The maximum atomic E-state index is 9.25. The van der Waals surface area contributed by atoms with Crippen molar-refractivity contribution in [2.45, 2.75) is 12.5 Å². The van der Waals surface area contributed by atoms with E-state index in [2.05, 4.69) is 45.5 Å². The first kappa shape index (κ1) is 15.6. The van der Waals surface area contributed by atoms with Gasteiger partial charge in [0.25, 0.3) is 0 Å². The summed E-state index contributed by atoms with van der Waals surface area (Å²) in [5.41, 5.74) is 15.3. The van der Waals surface area contributed by atoms with Crippen LogP contribution in [0.3, 0.4) is 0 Å². The molecule has 10 heteroatoms. The number of aliphatic hydroxyl groups excluding tert-OH is 2. The van der Waals surface area contributed by atoms with Crippen molar-refractivity contribution >= 4 is 46.6 Å². The lowest BCUT2D eigenvalue weighted by Crippen LogP contribution is -2.28. The van der Waals surface area contributed by atoms with Crippen LogP contribution in [-0.2, 0) is 0 Å². The average Bonchev–Trinajstić information content (AvgIpc) is 2.24. The van der Waals surface area contributed by atoms with E-state index < -0.39 is 12.7 Å². The summed E-state index contributed by atoms with van der Waals surface area (Å²) in [6, 6.07) is 0. The number of aliphatic hydroxyl groups is 2. The van der Waals surface area contributed by atoms with E-state index in [0.717, 1.165) is 0 Å². The fourth-order valence-electron chi connectivity index (χ4n) is 0.730. The van der Waals surface area contributed by atoms with E-state index in [1.807, 2.05) is 0 Å². The largest absolute Gasteiger partial charge is 0.394 e. The summed E-state index contributed by atoms with van der Waals surface area (Å²) in [4.78, 5) is 0. The van der Waals surface area contributed by atoms with Crippen molar-refractivity contribution in [1.82, 2.24) is 10.9 Å². The van der Waals surface area contributed by atoms with Crippen molar-refractivity contribution in [3.63, 3.8) is 0 Å². The highest BCUT2D eigenvalue weighted by molar-refractivity contribution is 7.80. The van der Waals surface area contributed by atoms with Crippen molar-refractivity contribution in [1.29, 1.82) is 0 Å². The van der Waals surface area contributed by atoms with Gasteiger partial charge in [-0.3, -0.25) is 10.9 Å². The van der Waals surface area contributed by atoms with Gasteiger partial charge >= 0.3 is 0 Å². The standard InChI is InChI=1S/C7H14N6O2S2/c8-6(16)12-10-2-4(1-5(15)3-14)11-13-7(9)17/h2,5,14-15H,1,3H2,(H3,8,12,16)(H3,9,13,17)/b10-2-,11-4-/t5-/m0/s1. The average molecular weight is 278 g/mol. The summed E-state index contributed by atoms with van der Waals surface area (Å²) in [6.07, 6.45) is 0.371. The number of nitrogens with one attached hydrogen (secondary N) is 2. The molecule has 0 amide bonds. The van der Waals surface area contributed by atoms with E-state index in [1.165, 1.54) is 6.21 Å². The van der Waals surface area contributed by atoms with Crippen LogP contribution in [0.1, 0.15) is 6.42 Å². The molecule has 0 fully saturated rings. The second-order valence-corrected chi connectivity index (χ2v) is 3.73. The molecule has 0 aromatic heterocycles. The molecule has 0 aliphatic heterocycles. The van der Waals surface area contributed by atoms with Crippen LogP contribution >= 0.6 is 24.4 Å². The number of thiocarbonyl (C=S) groups is 2. The van der Waals surface area contributed by atoms with Crippen molar-refractivity contribution in [2.75, 3.05) is 6.61 Å². The van der Waals surface area contributed by atoms with Crippen LogP contribution in [0, 0.1) is 0 Å². The van der Waals surface area contributed by atoms with Crippen LogP contribution in [0.4, 0.5) is 0 Å². The fraction of sp³-hybridized carbons (Fsp3) is 0.429. The van der Waals surface area contributed by atoms with Crippen LogP contribution in [0.25, 0.3) is 0 Å². The zero-order valence-corrected chi connectivity index (χ0v) is 10.5. The van der Waals surface area contributed by atoms with Gasteiger partial charge in [0.1, 0.15) is 0 Å². The first-order chi connectivity index (χ1) is 7.95. The van der Waals surface area contributed by atoms with Crippen LogP contribution in [0.15, 0.2) is 10.2 Å². The molecule has 0 heterocycles. The summed E-state index contributed by atoms with van der Waals surface area (Å²) < 4.78 is 0. The minimum absolute atomic E-state index is 0.00869. The van der Waals surface area contributed by atoms with Gasteiger partial charge < -0.3 is 21.7 Å². The number of hydrogen-bond donors (Lipinski definition) is 6. The number of nitrogens with zero attached hydrogens (tertiary/aromatic N) is 2. The van der Waals surface area contributed by atoms with Crippen molar-refractivity contribution in [3.8, 4) is 0 Å². The van der Waals surface area contributed by atoms with Gasteiger partial charge in [0, 0.05) is 6.42 Å².